The molecule has 0 bridgehead atoms. The Labute approximate surface area is 62.4 Å². The quantitative estimate of drug-likeness (QED) is 0.583. The molecule has 0 radical (unpaired) electrons. The molecule has 0 amide bonds. The largest absolute Gasteiger partial charge is 0.329 e. The van der Waals surface area contributed by atoms with Crippen molar-refractivity contribution in [1.29, 1.82) is 0 Å². The molecule has 0 unspecified atom stereocenters. The van der Waals surface area contributed by atoms with Crippen LogP contribution in [0.1, 0.15) is 26.2 Å². The third-order valence-corrected chi connectivity index (χ3v) is 4.59. The van der Waals surface area contributed by atoms with Gasteiger partial charge in [0.2, 0.25) is 7.37 Å². The van der Waals surface area contributed by atoms with E-state index in [0.29, 0.717) is 6.61 Å². The van der Waals surface area contributed by atoms with Crippen LogP contribution in [0.4, 0.5) is 0 Å². The summed E-state index contributed by atoms with van der Waals surface area (Å²) in [7, 11) is -2.11. The Kier molecular flexibility index (Phi) is 2.94. The van der Waals surface area contributed by atoms with Crippen LogP contribution in [0.3, 0.4) is 0 Å². The van der Waals surface area contributed by atoms with E-state index >= 15 is 0 Å². The van der Waals surface area contributed by atoms with Crippen molar-refractivity contribution >= 4 is 7.37 Å². The van der Waals surface area contributed by atoms with Gasteiger partial charge in [0.25, 0.3) is 0 Å². The van der Waals surface area contributed by atoms with Crippen molar-refractivity contribution in [3.8, 4) is 0 Å². The van der Waals surface area contributed by atoms with Gasteiger partial charge in [0, 0.05) is 12.3 Å². The van der Waals surface area contributed by atoms with Crippen LogP contribution < -0.4 is 0 Å². The summed E-state index contributed by atoms with van der Waals surface area (Å²) in [6, 6.07) is 0. The van der Waals surface area contributed by atoms with E-state index in [1.807, 2.05) is 6.92 Å². The fraction of sp³-hybridized carbons (Fsp3) is 1.00. The summed E-state index contributed by atoms with van der Waals surface area (Å²) >= 11 is 0. The molecule has 1 rings (SSSR count). The lowest BCUT2D eigenvalue weighted by Gasteiger charge is -2.21. The molecule has 1 aliphatic rings. The van der Waals surface area contributed by atoms with Gasteiger partial charge in [0.15, 0.2) is 0 Å². The summed E-state index contributed by atoms with van der Waals surface area (Å²) in [4.78, 5) is 0. The molecule has 10 heavy (non-hydrogen) atoms. The molecule has 0 aromatic heterocycles. The Bertz CT molecular complexity index is 126. The average molecular weight is 162 g/mol. The van der Waals surface area contributed by atoms with E-state index in [1.54, 1.807) is 0 Å². The maximum absolute atomic E-state index is 11.6. The van der Waals surface area contributed by atoms with Gasteiger partial charge in [0.1, 0.15) is 0 Å². The average Bonchev–Trinajstić information content (AvgIpc) is 1.89. The smallest absolute Gasteiger partial charge is 0.203 e. The standard InChI is InChI=1S/C7H15O2P/c1-2-9-10(8)6-4-3-5-7-10/h2-7H2,1H3. The second-order valence-electron chi connectivity index (χ2n) is 2.74. The van der Waals surface area contributed by atoms with Crippen molar-refractivity contribution in [2.45, 2.75) is 26.2 Å². The van der Waals surface area contributed by atoms with Gasteiger partial charge < -0.3 is 4.52 Å². The summed E-state index contributed by atoms with van der Waals surface area (Å²) in [6.45, 7) is 2.52. The van der Waals surface area contributed by atoms with Gasteiger partial charge in [-0.2, -0.15) is 0 Å². The highest BCUT2D eigenvalue weighted by Gasteiger charge is 2.24. The zero-order chi connectivity index (χ0) is 7.45. The Morgan fingerprint density at radius 2 is 1.90 bits per heavy atom. The first-order chi connectivity index (χ1) is 4.77. The summed E-state index contributed by atoms with van der Waals surface area (Å²) in [6.07, 6.45) is 5.06. The SMILES string of the molecule is CCOP1(=O)CCCCC1. The Hall–Kier alpha value is 0.190. The second kappa shape index (κ2) is 3.54. The lowest BCUT2D eigenvalue weighted by molar-refractivity contribution is 0.327. The van der Waals surface area contributed by atoms with Gasteiger partial charge in [-0.15, -0.1) is 0 Å². The van der Waals surface area contributed by atoms with Crippen LogP contribution in [-0.2, 0) is 9.09 Å². The maximum atomic E-state index is 11.6. The van der Waals surface area contributed by atoms with E-state index < -0.39 is 7.37 Å². The third-order valence-electron chi connectivity index (χ3n) is 1.86. The van der Waals surface area contributed by atoms with Gasteiger partial charge in [0.05, 0.1) is 6.61 Å². The molecule has 0 saturated carbocycles. The van der Waals surface area contributed by atoms with Gasteiger partial charge in [-0.05, 0) is 19.8 Å². The van der Waals surface area contributed by atoms with E-state index in [-0.39, 0.29) is 0 Å². The summed E-state index contributed by atoms with van der Waals surface area (Å²) in [5.74, 6) is 0. The molecule has 3 heteroatoms. The summed E-state index contributed by atoms with van der Waals surface area (Å²) in [5.41, 5.74) is 0. The predicted molar refractivity (Wildman–Crippen MR) is 42.8 cm³/mol. The lowest BCUT2D eigenvalue weighted by atomic mass is 10.3. The molecule has 2 nitrogen and oxygen atoms in total. The van der Waals surface area contributed by atoms with Crippen molar-refractivity contribution in [1.82, 2.24) is 0 Å². The molecule has 1 aliphatic heterocycles. The Balaban J connectivity index is 2.41. The first-order valence-corrected chi connectivity index (χ1v) is 5.99. The van der Waals surface area contributed by atoms with Gasteiger partial charge in [-0.1, -0.05) is 6.42 Å². The van der Waals surface area contributed by atoms with Crippen molar-refractivity contribution in [3.63, 3.8) is 0 Å². The van der Waals surface area contributed by atoms with Gasteiger partial charge >= 0.3 is 0 Å². The van der Waals surface area contributed by atoms with E-state index in [0.717, 1.165) is 25.2 Å². The minimum absolute atomic E-state index is 0.608. The molecule has 1 saturated heterocycles. The first kappa shape index (κ1) is 8.29. The van der Waals surface area contributed by atoms with E-state index in [1.165, 1.54) is 6.42 Å². The molecular formula is C7H15O2P. The van der Waals surface area contributed by atoms with Crippen LogP contribution in [-0.4, -0.2) is 18.9 Å². The van der Waals surface area contributed by atoms with E-state index in [4.69, 9.17) is 4.52 Å². The topological polar surface area (TPSA) is 26.3 Å². The Morgan fingerprint density at radius 1 is 1.30 bits per heavy atom. The molecule has 1 fully saturated rings. The molecule has 0 aromatic carbocycles. The van der Waals surface area contributed by atoms with Crippen LogP contribution >= 0.6 is 7.37 Å². The number of hydrogen-bond acceptors (Lipinski definition) is 2. The Morgan fingerprint density at radius 3 is 2.40 bits per heavy atom. The fourth-order valence-corrected chi connectivity index (χ4v) is 3.72. The minimum atomic E-state index is -2.11. The van der Waals surface area contributed by atoms with Gasteiger partial charge in [-0.25, -0.2) is 0 Å². The summed E-state index contributed by atoms with van der Waals surface area (Å²) in [5, 5.41) is 0. The van der Waals surface area contributed by atoms with Crippen LogP contribution in [0.2, 0.25) is 0 Å². The lowest BCUT2D eigenvalue weighted by Crippen LogP contribution is -2.05. The highest BCUT2D eigenvalue weighted by molar-refractivity contribution is 7.59. The molecule has 0 spiro atoms. The zero-order valence-electron chi connectivity index (χ0n) is 6.51. The number of hydrogen-bond donors (Lipinski definition) is 0. The van der Waals surface area contributed by atoms with Gasteiger partial charge in [-0.3, -0.25) is 4.57 Å². The molecule has 1 heterocycles. The van der Waals surface area contributed by atoms with Crippen molar-refractivity contribution in [2.75, 3.05) is 18.9 Å². The predicted octanol–water partition coefficient (Wildman–Crippen LogP) is 2.48. The molecule has 0 N–H and O–H groups in total. The van der Waals surface area contributed by atoms with Crippen molar-refractivity contribution in [2.24, 2.45) is 0 Å². The fourth-order valence-electron chi connectivity index (χ4n) is 1.36. The van der Waals surface area contributed by atoms with Crippen molar-refractivity contribution in [3.05, 3.63) is 0 Å². The summed E-state index contributed by atoms with van der Waals surface area (Å²) < 4.78 is 16.8. The van der Waals surface area contributed by atoms with E-state index in [2.05, 4.69) is 0 Å². The van der Waals surface area contributed by atoms with Crippen LogP contribution in [0.25, 0.3) is 0 Å². The maximum Gasteiger partial charge on any atom is 0.203 e. The molecule has 0 aromatic rings. The monoisotopic (exact) mass is 162 g/mol. The second-order valence-corrected chi connectivity index (χ2v) is 5.52. The normalized spacial score (nSPS) is 24.5. The zero-order valence-corrected chi connectivity index (χ0v) is 7.40. The first-order valence-electron chi connectivity index (χ1n) is 3.99. The molecule has 0 atom stereocenters. The van der Waals surface area contributed by atoms with Crippen molar-refractivity contribution < 1.29 is 9.09 Å². The highest BCUT2D eigenvalue weighted by atomic mass is 31.2. The van der Waals surface area contributed by atoms with E-state index in [9.17, 15) is 4.57 Å². The third kappa shape index (κ3) is 2.10. The van der Waals surface area contributed by atoms with Crippen LogP contribution in [0.15, 0.2) is 0 Å². The highest BCUT2D eigenvalue weighted by Crippen LogP contribution is 2.51. The van der Waals surface area contributed by atoms with Crippen LogP contribution in [0, 0.1) is 0 Å². The molecule has 60 valence electrons. The molecular weight excluding hydrogens is 147 g/mol. The number of rotatable bonds is 2. The van der Waals surface area contributed by atoms with Crippen LogP contribution in [0.5, 0.6) is 0 Å². The molecule has 0 aliphatic carbocycles. The minimum Gasteiger partial charge on any atom is -0.329 e.